The van der Waals surface area contributed by atoms with Gasteiger partial charge in [-0.25, -0.2) is 4.39 Å². The Morgan fingerprint density at radius 2 is 1.54 bits per heavy atom. The number of para-hydroxylation sites is 1. The number of alkyl halides is 3. The van der Waals surface area contributed by atoms with Crippen molar-refractivity contribution in [3.63, 3.8) is 0 Å². The third-order valence-corrected chi connectivity index (χ3v) is 7.26. The summed E-state index contributed by atoms with van der Waals surface area (Å²) in [6.07, 6.45) is -4.23. The summed E-state index contributed by atoms with van der Waals surface area (Å²) < 4.78 is 58.5. The van der Waals surface area contributed by atoms with Crippen molar-refractivity contribution >= 4 is 47.6 Å². The molecule has 0 bridgehead atoms. The van der Waals surface area contributed by atoms with Crippen LogP contribution in [0.2, 0.25) is 0 Å². The molecule has 0 spiro atoms. The van der Waals surface area contributed by atoms with E-state index in [9.17, 15) is 22.8 Å². The highest BCUT2D eigenvalue weighted by Crippen LogP contribution is 2.33. The van der Waals surface area contributed by atoms with E-state index < -0.39 is 18.1 Å². The van der Waals surface area contributed by atoms with Crippen molar-refractivity contribution in [1.82, 2.24) is 19.3 Å². The zero-order valence-electron chi connectivity index (χ0n) is 21.9. The summed E-state index contributed by atoms with van der Waals surface area (Å²) in [7, 11) is 0. The summed E-state index contributed by atoms with van der Waals surface area (Å²) in [5, 5.41) is 9.74. The SMILES string of the molecule is Cl.Cl.O=C(O)CN1CCN(CC(=O)N2CCc3c(n(Cc4ccc(OC(F)(F)F)cc4)c4c(F)cccc34)C2)CC1. The van der Waals surface area contributed by atoms with Gasteiger partial charge < -0.3 is 19.3 Å². The van der Waals surface area contributed by atoms with Gasteiger partial charge in [0.2, 0.25) is 5.91 Å². The second-order valence-electron chi connectivity index (χ2n) is 9.85. The van der Waals surface area contributed by atoms with Gasteiger partial charge in [0, 0.05) is 50.3 Å². The lowest BCUT2D eigenvalue weighted by Crippen LogP contribution is -2.51. The minimum atomic E-state index is -4.79. The first-order valence-corrected chi connectivity index (χ1v) is 12.6. The molecule has 41 heavy (non-hydrogen) atoms. The molecule has 1 amide bonds. The molecule has 2 aliphatic rings. The Bertz CT molecular complexity index is 1380. The number of nitrogens with zero attached hydrogens (tertiary/aromatic N) is 4. The summed E-state index contributed by atoms with van der Waals surface area (Å²) in [5.74, 6) is -1.67. The van der Waals surface area contributed by atoms with Crippen molar-refractivity contribution in [2.24, 2.45) is 0 Å². The van der Waals surface area contributed by atoms with Crippen LogP contribution in [0.25, 0.3) is 10.9 Å². The Hall–Kier alpha value is -3.06. The topological polar surface area (TPSA) is 78.3 Å². The van der Waals surface area contributed by atoms with Gasteiger partial charge in [-0.3, -0.25) is 19.4 Å². The van der Waals surface area contributed by atoms with E-state index in [4.69, 9.17) is 5.11 Å². The average molecular weight is 621 g/mol. The second-order valence-corrected chi connectivity index (χ2v) is 9.85. The van der Waals surface area contributed by atoms with Crippen LogP contribution in [0, 0.1) is 5.82 Å². The number of carboxylic acid groups (broad SMARTS) is 1. The number of carboxylic acids is 1. The fourth-order valence-corrected chi connectivity index (χ4v) is 5.41. The zero-order chi connectivity index (χ0) is 27.7. The summed E-state index contributed by atoms with van der Waals surface area (Å²) in [5.41, 5.74) is 2.83. The highest BCUT2D eigenvalue weighted by molar-refractivity contribution is 5.87. The number of aliphatic carboxylic acids is 1. The molecule has 8 nitrogen and oxygen atoms in total. The van der Waals surface area contributed by atoms with Crippen LogP contribution in [0.1, 0.15) is 16.8 Å². The van der Waals surface area contributed by atoms with E-state index in [1.807, 2.05) is 20.4 Å². The number of fused-ring (bicyclic) bond motifs is 3. The molecule has 3 heterocycles. The number of carbonyl (C=O) groups excluding carboxylic acids is 1. The lowest BCUT2D eigenvalue weighted by Gasteiger charge is -2.35. The van der Waals surface area contributed by atoms with Gasteiger partial charge in [-0.1, -0.05) is 24.3 Å². The molecule has 224 valence electrons. The lowest BCUT2D eigenvalue weighted by molar-refractivity contribution is -0.274. The first-order chi connectivity index (χ1) is 18.6. The summed E-state index contributed by atoms with van der Waals surface area (Å²) >= 11 is 0. The molecule has 1 saturated heterocycles. The predicted octanol–water partition coefficient (Wildman–Crippen LogP) is 4.16. The first kappa shape index (κ1) is 32.5. The fourth-order valence-electron chi connectivity index (χ4n) is 5.41. The highest BCUT2D eigenvalue weighted by atomic mass is 35.5. The zero-order valence-corrected chi connectivity index (χ0v) is 23.5. The van der Waals surface area contributed by atoms with Gasteiger partial charge in [0.1, 0.15) is 11.6 Å². The van der Waals surface area contributed by atoms with Crippen LogP contribution < -0.4 is 4.74 Å². The van der Waals surface area contributed by atoms with E-state index in [0.717, 1.165) is 16.6 Å². The number of hydrogen-bond acceptors (Lipinski definition) is 5. The number of aromatic nitrogens is 1. The molecule has 0 radical (unpaired) electrons. The Kier molecular flexibility index (Phi) is 10.5. The molecular weight excluding hydrogens is 591 g/mol. The number of piperazine rings is 1. The number of halogens is 6. The average Bonchev–Trinajstić information content (AvgIpc) is 3.19. The largest absolute Gasteiger partial charge is 0.573 e. The monoisotopic (exact) mass is 620 g/mol. The summed E-state index contributed by atoms with van der Waals surface area (Å²) in [4.78, 5) is 29.8. The van der Waals surface area contributed by atoms with Gasteiger partial charge in [-0.05, 0) is 35.7 Å². The van der Waals surface area contributed by atoms with Gasteiger partial charge in [0.15, 0.2) is 0 Å². The number of carbonyl (C=O) groups is 2. The van der Waals surface area contributed by atoms with Crippen LogP contribution in [0.4, 0.5) is 17.6 Å². The number of benzene rings is 2. The molecular formula is C27H30Cl2F4N4O4. The van der Waals surface area contributed by atoms with Crippen molar-refractivity contribution in [2.75, 3.05) is 45.8 Å². The van der Waals surface area contributed by atoms with E-state index >= 15 is 4.39 Å². The van der Waals surface area contributed by atoms with Crippen LogP contribution in [0.3, 0.4) is 0 Å². The molecule has 2 aliphatic heterocycles. The third-order valence-electron chi connectivity index (χ3n) is 7.26. The quantitative estimate of drug-likeness (QED) is 0.400. The number of ether oxygens (including phenoxy) is 1. The molecule has 1 aromatic heterocycles. The van der Waals surface area contributed by atoms with Crippen molar-refractivity contribution in [1.29, 1.82) is 0 Å². The van der Waals surface area contributed by atoms with Crippen molar-refractivity contribution < 1.29 is 37.0 Å². The van der Waals surface area contributed by atoms with Crippen molar-refractivity contribution in [2.45, 2.75) is 25.9 Å². The summed E-state index contributed by atoms with van der Waals surface area (Å²) in [6.45, 7) is 3.53. The normalized spacial score (nSPS) is 16.0. The second kappa shape index (κ2) is 13.3. The van der Waals surface area contributed by atoms with Crippen LogP contribution in [-0.2, 0) is 29.1 Å². The van der Waals surface area contributed by atoms with Crippen LogP contribution in [-0.4, -0.2) is 88.4 Å². The fraction of sp³-hybridized carbons (Fsp3) is 0.407. The Balaban J connectivity index is 0.00000231. The maximum atomic E-state index is 15.1. The molecule has 1 fully saturated rings. The molecule has 0 unspecified atom stereocenters. The molecule has 3 aromatic rings. The predicted molar refractivity (Wildman–Crippen MR) is 148 cm³/mol. The molecule has 5 rings (SSSR count). The van der Waals surface area contributed by atoms with Crippen LogP contribution in [0.5, 0.6) is 5.75 Å². The molecule has 0 atom stereocenters. The minimum Gasteiger partial charge on any atom is -0.480 e. The van der Waals surface area contributed by atoms with E-state index in [1.54, 1.807) is 11.0 Å². The van der Waals surface area contributed by atoms with E-state index in [1.165, 1.54) is 30.3 Å². The van der Waals surface area contributed by atoms with E-state index in [0.29, 0.717) is 50.2 Å². The van der Waals surface area contributed by atoms with E-state index in [-0.39, 0.29) is 62.6 Å². The van der Waals surface area contributed by atoms with Gasteiger partial charge in [-0.2, -0.15) is 0 Å². The number of rotatable bonds is 7. The molecule has 0 saturated carbocycles. The van der Waals surface area contributed by atoms with Crippen molar-refractivity contribution in [3.8, 4) is 5.75 Å². The number of amides is 1. The third kappa shape index (κ3) is 7.62. The first-order valence-electron chi connectivity index (χ1n) is 12.6. The molecule has 1 N–H and O–H groups in total. The van der Waals surface area contributed by atoms with Gasteiger partial charge in [0.05, 0.1) is 25.2 Å². The van der Waals surface area contributed by atoms with Crippen LogP contribution in [0.15, 0.2) is 42.5 Å². The standard InChI is InChI=1S/C27H28F4N4O4.2ClH/c28-22-3-1-2-21-20-8-9-34(24(36)16-32-10-12-33(13-11-32)17-25(37)38)15-23(20)35(26(21)22)14-18-4-6-19(7-5-18)39-27(29,30)31;;/h1-7H,8-17H2,(H,37,38);2*1H. The summed E-state index contributed by atoms with van der Waals surface area (Å²) in [6, 6.07) is 10.3. The Morgan fingerprint density at radius 1 is 0.902 bits per heavy atom. The Morgan fingerprint density at radius 3 is 2.15 bits per heavy atom. The Labute approximate surface area is 246 Å². The van der Waals surface area contributed by atoms with Gasteiger partial charge in [0.25, 0.3) is 0 Å². The molecule has 2 aromatic carbocycles. The maximum Gasteiger partial charge on any atom is 0.573 e. The van der Waals surface area contributed by atoms with Crippen molar-refractivity contribution in [3.05, 3.63) is 65.1 Å². The maximum absolute atomic E-state index is 15.1. The lowest BCUT2D eigenvalue weighted by atomic mass is 10.0. The molecule has 14 heteroatoms. The van der Waals surface area contributed by atoms with Gasteiger partial charge >= 0.3 is 12.3 Å². The van der Waals surface area contributed by atoms with E-state index in [2.05, 4.69) is 4.74 Å². The number of hydrogen-bond donors (Lipinski definition) is 1. The van der Waals surface area contributed by atoms with Crippen LogP contribution >= 0.6 is 24.8 Å². The minimum absolute atomic E-state index is 0. The smallest absolute Gasteiger partial charge is 0.480 e. The highest BCUT2D eigenvalue weighted by Gasteiger charge is 2.31. The molecule has 0 aliphatic carbocycles. The van der Waals surface area contributed by atoms with Gasteiger partial charge in [-0.15, -0.1) is 38.0 Å².